The zero-order chi connectivity index (χ0) is 14.6. The highest BCUT2D eigenvalue weighted by Gasteiger charge is 2.31. The molecule has 0 fully saturated rings. The molecule has 0 spiro atoms. The van der Waals surface area contributed by atoms with Crippen LogP contribution in [0.5, 0.6) is 0 Å². The number of hydrogen-bond donors (Lipinski definition) is 1. The third-order valence-electron chi connectivity index (χ3n) is 2.68. The van der Waals surface area contributed by atoms with Crippen LogP contribution in [0.2, 0.25) is 0 Å². The Morgan fingerprint density at radius 1 is 1.37 bits per heavy atom. The number of hydrogen-bond acceptors (Lipinski definition) is 2. The van der Waals surface area contributed by atoms with E-state index in [1.165, 1.54) is 4.90 Å². The van der Waals surface area contributed by atoms with Crippen LogP contribution in [-0.4, -0.2) is 19.3 Å². The second-order valence-corrected chi connectivity index (χ2v) is 5.44. The summed E-state index contributed by atoms with van der Waals surface area (Å²) < 4.78 is 38.7. The Labute approximate surface area is 119 Å². The van der Waals surface area contributed by atoms with Crippen molar-refractivity contribution in [2.75, 3.05) is 18.0 Å². The smallest absolute Gasteiger partial charge is 0.362 e. The molecule has 0 radical (unpaired) electrons. The standard InChI is InChI=1S/C13H18BrF3N2/c1-3-6-19(8-13(15,16)17)12-5-4-10(14)7-11(12)9(2)18/h4-5,7,9H,3,6,8,18H2,1-2H3. The van der Waals surface area contributed by atoms with E-state index >= 15 is 0 Å². The number of alkyl halides is 3. The van der Waals surface area contributed by atoms with Crippen LogP contribution in [0.3, 0.4) is 0 Å². The second-order valence-electron chi connectivity index (χ2n) is 4.53. The largest absolute Gasteiger partial charge is 0.405 e. The molecule has 19 heavy (non-hydrogen) atoms. The molecule has 1 aromatic carbocycles. The summed E-state index contributed by atoms with van der Waals surface area (Å²) in [6.07, 6.45) is -3.58. The third kappa shape index (κ3) is 5.03. The molecular formula is C13H18BrF3N2. The minimum atomic E-state index is -4.22. The summed E-state index contributed by atoms with van der Waals surface area (Å²) in [7, 11) is 0. The number of rotatable bonds is 5. The maximum absolute atomic E-state index is 12.6. The summed E-state index contributed by atoms with van der Waals surface area (Å²) in [5.74, 6) is 0. The SMILES string of the molecule is CCCN(CC(F)(F)F)c1ccc(Br)cc1C(C)N. The van der Waals surface area contributed by atoms with Crippen molar-refractivity contribution in [3.63, 3.8) is 0 Å². The molecule has 1 unspecified atom stereocenters. The molecule has 0 saturated carbocycles. The summed E-state index contributed by atoms with van der Waals surface area (Å²) in [5.41, 5.74) is 7.12. The Bertz CT molecular complexity index is 419. The zero-order valence-electron chi connectivity index (χ0n) is 11.0. The minimum absolute atomic E-state index is 0.319. The first-order valence-corrected chi connectivity index (χ1v) is 6.90. The maximum atomic E-state index is 12.6. The van der Waals surface area contributed by atoms with Gasteiger partial charge in [-0.05, 0) is 37.1 Å². The fourth-order valence-corrected chi connectivity index (χ4v) is 2.33. The van der Waals surface area contributed by atoms with Crippen molar-refractivity contribution in [3.05, 3.63) is 28.2 Å². The van der Waals surface area contributed by atoms with Gasteiger partial charge in [-0.15, -0.1) is 0 Å². The topological polar surface area (TPSA) is 29.3 Å². The van der Waals surface area contributed by atoms with Gasteiger partial charge in [0.25, 0.3) is 0 Å². The zero-order valence-corrected chi connectivity index (χ0v) is 12.6. The van der Waals surface area contributed by atoms with E-state index in [4.69, 9.17) is 5.73 Å². The summed E-state index contributed by atoms with van der Waals surface area (Å²) in [5, 5.41) is 0. The lowest BCUT2D eigenvalue weighted by molar-refractivity contribution is -0.119. The van der Waals surface area contributed by atoms with Crippen LogP contribution in [0.4, 0.5) is 18.9 Å². The van der Waals surface area contributed by atoms with E-state index < -0.39 is 12.7 Å². The van der Waals surface area contributed by atoms with Gasteiger partial charge in [0.1, 0.15) is 6.54 Å². The Balaban J connectivity index is 3.14. The van der Waals surface area contributed by atoms with Gasteiger partial charge in [0.05, 0.1) is 0 Å². The number of benzene rings is 1. The van der Waals surface area contributed by atoms with Crippen molar-refractivity contribution in [3.8, 4) is 0 Å². The molecule has 0 aliphatic heterocycles. The predicted molar refractivity (Wildman–Crippen MR) is 75.3 cm³/mol. The van der Waals surface area contributed by atoms with E-state index in [0.717, 1.165) is 4.47 Å². The van der Waals surface area contributed by atoms with E-state index in [2.05, 4.69) is 15.9 Å². The van der Waals surface area contributed by atoms with Crippen LogP contribution in [0.25, 0.3) is 0 Å². The molecule has 1 atom stereocenters. The van der Waals surface area contributed by atoms with E-state index in [0.29, 0.717) is 24.2 Å². The second kappa shape index (κ2) is 6.61. The average molecular weight is 339 g/mol. The van der Waals surface area contributed by atoms with E-state index in [-0.39, 0.29) is 6.04 Å². The van der Waals surface area contributed by atoms with Gasteiger partial charge in [-0.25, -0.2) is 0 Å². The summed E-state index contributed by atoms with van der Waals surface area (Å²) in [6, 6.07) is 4.88. The van der Waals surface area contributed by atoms with Crippen LogP contribution in [0, 0.1) is 0 Å². The van der Waals surface area contributed by atoms with Crippen LogP contribution in [0.1, 0.15) is 31.9 Å². The molecule has 0 amide bonds. The van der Waals surface area contributed by atoms with Crippen molar-refractivity contribution in [1.82, 2.24) is 0 Å². The highest BCUT2D eigenvalue weighted by atomic mass is 79.9. The normalized spacial score (nSPS) is 13.4. The van der Waals surface area contributed by atoms with E-state index in [9.17, 15) is 13.2 Å². The fraction of sp³-hybridized carbons (Fsp3) is 0.538. The maximum Gasteiger partial charge on any atom is 0.405 e. The van der Waals surface area contributed by atoms with Gasteiger partial charge in [0, 0.05) is 22.7 Å². The highest BCUT2D eigenvalue weighted by molar-refractivity contribution is 9.10. The summed E-state index contributed by atoms with van der Waals surface area (Å²) in [6.45, 7) is 3.01. The molecule has 0 aliphatic carbocycles. The molecule has 1 rings (SSSR count). The quantitative estimate of drug-likeness (QED) is 0.869. The fourth-order valence-electron chi connectivity index (χ4n) is 1.95. The molecule has 2 nitrogen and oxygen atoms in total. The molecule has 108 valence electrons. The van der Waals surface area contributed by atoms with E-state index in [1.807, 2.05) is 6.92 Å². The Hall–Kier alpha value is -0.750. The number of halogens is 4. The highest BCUT2D eigenvalue weighted by Crippen LogP contribution is 2.31. The van der Waals surface area contributed by atoms with Crippen LogP contribution < -0.4 is 10.6 Å². The Morgan fingerprint density at radius 3 is 2.47 bits per heavy atom. The number of anilines is 1. The van der Waals surface area contributed by atoms with Crippen LogP contribution in [0.15, 0.2) is 22.7 Å². The molecule has 0 heterocycles. The molecule has 0 bridgehead atoms. The lowest BCUT2D eigenvalue weighted by Gasteiger charge is -2.29. The first-order chi connectivity index (χ1) is 8.74. The first-order valence-electron chi connectivity index (χ1n) is 6.11. The molecule has 0 saturated heterocycles. The number of nitrogens with zero attached hydrogens (tertiary/aromatic N) is 1. The summed E-state index contributed by atoms with van der Waals surface area (Å²) >= 11 is 3.32. The monoisotopic (exact) mass is 338 g/mol. The Morgan fingerprint density at radius 2 is 2.00 bits per heavy atom. The molecule has 0 aliphatic rings. The molecular weight excluding hydrogens is 321 g/mol. The average Bonchev–Trinajstić information content (AvgIpc) is 2.26. The van der Waals surface area contributed by atoms with Gasteiger partial charge in [0.2, 0.25) is 0 Å². The van der Waals surface area contributed by atoms with Crippen molar-refractivity contribution in [1.29, 1.82) is 0 Å². The molecule has 2 N–H and O–H groups in total. The summed E-state index contributed by atoms with van der Waals surface area (Å²) in [4.78, 5) is 1.34. The van der Waals surface area contributed by atoms with Gasteiger partial charge in [-0.2, -0.15) is 13.2 Å². The molecule has 1 aromatic rings. The van der Waals surface area contributed by atoms with E-state index in [1.54, 1.807) is 25.1 Å². The van der Waals surface area contributed by atoms with Crippen LogP contribution >= 0.6 is 15.9 Å². The van der Waals surface area contributed by atoms with Crippen molar-refractivity contribution in [2.45, 2.75) is 32.5 Å². The van der Waals surface area contributed by atoms with Crippen molar-refractivity contribution in [2.24, 2.45) is 5.73 Å². The minimum Gasteiger partial charge on any atom is -0.362 e. The predicted octanol–water partition coefficient (Wildman–Crippen LogP) is 4.25. The van der Waals surface area contributed by atoms with Gasteiger partial charge < -0.3 is 10.6 Å². The van der Waals surface area contributed by atoms with Crippen molar-refractivity contribution >= 4 is 21.6 Å². The lowest BCUT2D eigenvalue weighted by atomic mass is 10.1. The van der Waals surface area contributed by atoms with Gasteiger partial charge in [-0.1, -0.05) is 22.9 Å². The van der Waals surface area contributed by atoms with Crippen LogP contribution in [-0.2, 0) is 0 Å². The molecule has 6 heteroatoms. The lowest BCUT2D eigenvalue weighted by Crippen LogP contribution is -2.35. The van der Waals surface area contributed by atoms with Gasteiger partial charge >= 0.3 is 6.18 Å². The van der Waals surface area contributed by atoms with Crippen molar-refractivity contribution < 1.29 is 13.2 Å². The first kappa shape index (κ1) is 16.3. The Kier molecular flexibility index (Phi) is 5.67. The van der Waals surface area contributed by atoms with Gasteiger partial charge in [0.15, 0.2) is 0 Å². The third-order valence-corrected chi connectivity index (χ3v) is 3.18. The number of nitrogens with two attached hydrogens (primary N) is 1. The molecule has 0 aromatic heterocycles. The van der Waals surface area contributed by atoms with Gasteiger partial charge in [-0.3, -0.25) is 0 Å².